The van der Waals surface area contributed by atoms with Crippen LogP contribution in [0.5, 0.6) is 5.75 Å². The highest BCUT2D eigenvalue weighted by atomic mass is 16.5. The Morgan fingerprint density at radius 3 is 2.67 bits per heavy atom. The highest BCUT2D eigenvalue weighted by Crippen LogP contribution is 2.44. The number of amides is 2. The number of hydrogen-bond acceptors (Lipinski definition) is 3. The normalized spacial score (nSPS) is 23.4. The average molecular weight is 290 g/mol. The number of piperidine rings is 1. The maximum absolute atomic E-state index is 12.0. The Morgan fingerprint density at radius 1 is 1.33 bits per heavy atom. The molecule has 114 valence electrons. The van der Waals surface area contributed by atoms with E-state index in [-0.39, 0.29) is 11.6 Å². The first-order valence-electron chi connectivity index (χ1n) is 7.43. The Kier molecular flexibility index (Phi) is 3.53. The number of aliphatic hydroxyl groups is 1. The topological polar surface area (TPSA) is 53.0 Å². The summed E-state index contributed by atoms with van der Waals surface area (Å²) in [4.78, 5) is 15.4. The largest absolute Gasteiger partial charge is 0.487 e. The van der Waals surface area contributed by atoms with Gasteiger partial charge in [0.25, 0.3) is 0 Å². The van der Waals surface area contributed by atoms with Gasteiger partial charge < -0.3 is 19.6 Å². The fourth-order valence-electron chi connectivity index (χ4n) is 3.28. The van der Waals surface area contributed by atoms with Gasteiger partial charge in [-0.3, -0.25) is 0 Å². The molecule has 0 saturated carbocycles. The van der Waals surface area contributed by atoms with Gasteiger partial charge in [-0.15, -0.1) is 0 Å². The molecule has 5 nitrogen and oxygen atoms in total. The summed E-state index contributed by atoms with van der Waals surface area (Å²) in [5.74, 6) is 0.781. The van der Waals surface area contributed by atoms with Gasteiger partial charge in [-0.05, 0) is 6.07 Å². The Hall–Kier alpha value is -1.75. The second-order valence-corrected chi connectivity index (χ2v) is 6.21. The Balaban J connectivity index is 1.73. The van der Waals surface area contributed by atoms with Gasteiger partial charge in [0.2, 0.25) is 0 Å². The number of hydrogen-bond donors (Lipinski definition) is 1. The van der Waals surface area contributed by atoms with E-state index in [1.165, 1.54) is 0 Å². The second-order valence-electron chi connectivity index (χ2n) is 6.21. The molecule has 0 aromatic heterocycles. The summed E-state index contributed by atoms with van der Waals surface area (Å²) in [6.07, 6.45) is 1.65. The van der Waals surface area contributed by atoms with Crippen molar-refractivity contribution in [1.29, 1.82) is 0 Å². The molecule has 2 aliphatic rings. The van der Waals surface area contributed by atoms with Crippen molar-refractivity contribution in [3.63, 3.8) is 0 Å². The Labute approximate surface area is 125 Å². The first-order valence-corrected chi connectivity index (χ1v) is 7.43. The van der Waals surface area contributed by atoms with Gasteiger partial charge in [0.15, 0.2) is 0 Å². The van der Waals surface area contributed by atoms with E-state index >= 15 is 0 Å². The Morgan fingerprint density at radius 2 is 2.00 bits per heavy atom. The van der Waals surface area contributed by atoms with Crippen LogP contribution in [0.3, 0.4) is 0 Å². The second kappa shape index (κ2) is 5.22. The van der Waals surface area contributed by atoms with Crippen LogP contribution in [0.4, 0.5) is 4.79 Å². The number of urea groups is 1. The lowest BCUT2D eigenvalue weighted by Gasteiger charge is -2.46. The molecular formula is C16H22N2O3. The Bertz CT molecular complexity index is 536. The molecule has 0 aliphatic carbocycles. The maximum Gasteiger partial charge on any atom is 0.319 e. The van der Waals surface area contributed by atoms with Crippen LogP contribution in [-0.4, -0.2) is 53.7 Å². The minimum atomic E-state index is -0.481. The number of benzene rings is 1. The molecule has 0 bridgehead atoms. The fraction of sp³-hybridized carbons (Fsp3) is 0.562. The average Bonchev–Trinajstić information content (AvgIpc) is 2.47. The van der Waals surface area contributed by atoms with E-state index in [0.717, 1.165) is 24.2 Å². The predicted octanol–water partition coefficient (Wildman–Crippen LogP) is 2.02. The predicted molar refractivity (Wildman–Crippen MR) is 79.3 cm³/mol. The number of para-hydroxylation sites is 1. The molecule has 2 aliphatic heterocycles. The highest BCUT2D eigenvalue weighted by molar-refractivity contribution is 5.73. The molecule has 1 N–H and O–H groups in total. The first-order chi connectivity index (χ1) is 10.0. The summed E-state index contributed by atoms with van der Waals surface area (Å²) in [5, 5.41) is 10.4. The van der Waals surface area contributed by atoms with Gasteiger partial charge in [0.1, 0.15) is 11.4 Å². The molecule has 1 atom stereocenters. The summed E-state index contributed by atoms with van der Waals surface area (Å²) in [5.41, 5.74) is 0.534. The third-order valence-electron chi connectivity index (χ3n) is 4.50. The minimum absolute atomic E-state index is 0.0432. The van der Waals surface area contributed by atoms with Crippen LogP contribution in [0.2, 0.25) is 0 Å². The van der Waals surface area contributed by atoms with Crippen LogP contribution in [0, 0.1) is 0 Å². The number of nitrogens with zero attached hydrogens (tertiary/aromatic N) is 2. The zero-order valence-electron chi connectivity index (χ0n) is 12.6. The van der Waals surface area contributed by atoms with Crippen molar-refractivity contribution in [2.24, 2.45) is 0 Å². The molecule has 1 aromatic rings. The lowest BCUT2D eigenvalue weighted by molar-refractivity contribution is -0.0488. The molecule has 2 amide bonds. The number of ether oxygens (including phenoxy) is 1. The van der Waals surface area contributed by atoms with E-state index in [2.05, 4.69) is 0 Å². The smallest absolute Gasteiger partial charge is 0.319 e. The van der Waals surface area contributed by atoms with Gasteiger partial charge in [-0.25, -0.2) is 4.79 Å². The third kappa shape index (κ3) is 2.58. The number of likely N-dealkylation sites (tertiary alicyclic amines) is 1. The van der Waals surface area contributed by atoms with Gasteiger partial charge in [-0.2, -0.15) is 0 Å². The number of carbonyl (C=O) groups is 1. The molecule has 1 fully saturated rings. The van der Waals surface area contributed by atoms with Gasteiger partial charge in [-0.1, -0.05) is 18.2 Å². The van der Waals surface area contributed by atoms with Crippen molar-refractivity contribution >= 4 is 6.03 Å². The number of rotatable bonds is 0. The van der Waals surface area contributed by atoms with Crippen molar-refractivity contribution in [2.75, 3.05) is 27.2 Å². The monoisotopic (exact) mass is 290 g/mol. The molecular weight excluding hydrogens is 268 g/mol. The molecule has 21 heavy (non-hydrogen) atoms. The lowest BCUT2D eigenvalue weighted by atomic mass is 9.82. The van der Waals surface area contributed by atoms with E-state index in [1.54, 1.807) is 19.0 Å². The van der Waals surface area contributed by atoms with Crippen molar-refractivity contribution in [3.05, 3.63) is 29.8 Å². The summed E-state index contributed by atoms with van der Waals surface area (Å²) < 4.78 is 6.21. The van der Waals surface area contributed by atoms with Crippen molar-refractivity contribution in [3.8, 4) is 5.75 Å². The number of carbonyl (C=O) groups excluding carboxylic acids is 1. The van der Waals surface area contributed by atoms with E-state index in [1.807, 2.05) is 29.2 Å². The van der Waals surface area contributed by atoms with Crippen LogP contribution >= 0.6 is 0 Å². The van der Waals surface area contributed by atoms with E-state index in [4.69, 9.17) is 4.74 Å². The quantitative estimate of drug-likeness (QED) is 0.795. The summed E-state index contributed by atoms with van der Waals surface area (Å²) in [6, 6.07) is 7.72. The van der Waals surface area contributed by atoms with Crippen molar-refractivity contribution in [1.82, 2.24) is 9.80 Å². The van der Waals surface area contributed by atoms with E-state index < -0.39 is 6.10 Å². The SMILES string of the molecule is CN(C)C(=O)N1CCC2(CC1)CC(O)c1ccccc1O2. The van der Waals surface area contributed by atoms with Crippen LogP contribution in [0.25, 0.3) is 0 Å². The standard InChI is InChI=1S/C16H22N2O3/c1-17(2)15(20)18-9-7-16(8-10-18)11-13(19)12-5-3-4-6-14(12)21-16/h3-6,13,19H,7-11H2,1-2H3. The molecule has 3 rings (SSSR count). The zero-order valence-corrected chi connectivity index (χ0v) is 12.6. The minimum Gasteiger partial charge on any atom is -0.487 e. The van der Waals surface area contributed by atoms with Crippen molar-refractivity contribution < 1.29 is 14.6 Å². The van der Waals surface area contributed by atoms with Gasteiger partial charge in [0, 0.05) is 52.0 Å². The highest BCUT2D eigenvalue weighted by Gasteiger charge is 2.43. The van der Waals surface area contributed by atoms with Crippen LogP contribution < -0.4 is 4.74 Å². The third-order valence-corrected chi connectivity index (χ3v) is 4.50. The van der Waals surface area contributed by atoms with Crippen LogP contribution in [0.1, 0.15) is 30.9 Å². The van der Waals surface area contributed by atoms with Crippen LogP contribution in [0.15, 0.2) is 24.3 Å². The van der Waals surface area contributed by atoms with Gasteiger partial charge in [0.05, 0.1) is 6.10 Å². The number of aliphatic hydroxyl groups excluding tert-OH is 1. The summed E-state index contributed by atoms with van der Waals surface area (Å²) >= 11 is 0. The summed E-state index contributed by atoms with van der Waals surface area (Å²) in [7, 11) is 3.54. The first kappa shape index (κ1) is 14.2. The maximum atomic E-state index is 12.0. The lowest BCUT2D eigenvalue weighted by Crippen LogP contribution is -2.53. The molecule has 5 heteroatoms. The van der Waals surface area contributed by atoms with E-state index in [0.29, 0.717) is 19.5 Å². The van der Waals surface area contributed by atoms with Crippen LogP contribution in [-0.2, 0) is 0 Å². The van der Waals surface area contributed by atoms with Crippen molar-refractivity contribution in [2.45, 2.75) is 31.0 Å². The molecule has 1 spiro atoms. The fourth-order valence-corrected chi connectivity index (χ4v) is 3.28. The molecule has 2 heterocycles. The molecule has 0 radical (unpaired) electrons. The summed E-state index contributed by atoms with van der Waals surface area (Å²) in [6.45, 7) is 1.35. The van der Waals surface area contributed by atoms with E-state index in [9.17, 15) is 9.90 Å². The zero-order chi connectivity index (χ0) is 15.0. The molecule has 1 saturated heterocycles. The molecule has 1 aromatic carbocycles. The van der Waals surface area contributed by atoms with Gasteiger partial charge >= 0.3 is 6.03 Å². The number of fused-ring (bicyclic) bond motifs is 1. The molecule has 1 unspecified atom stereocenters.